The summed E-state index contributed by atoms with van der Waals surface area (Å²) in [6.45, 7) is 6.21. The van der Waals surface area contributed by atoms with Crippen molar-refractivity contribution >= 4 is 28.5 Å². The number of aromatic nitrogens is 1. The van der Waals surface area contributed by atoms with E-state index in [0.717, 1.165) is 11.1 Å². The fourth-order valence-electron chi connectivity index (χ4n) is 3.83. The fraction of sp³-hybridized carbons (Fsp3) is 0.333. The van der Waals surface area contributed by atoms with Gasteiger partial charge in [0.1, 0.15) is 0 Å². The Hall–Kier alpha value is -3.48. The average Bonchev–Trinajstić information content (AvgIpc) is 3.40. The van der Waals surface area contributed by atoms with Gasteiger partial charge in [0.05, 0.1) is 23.6 Å². The maximum absolute atomic E-state index is 13.2. The summed E-state index contributed by atoms with van der Waals surface area (Å²) in [6.07, 6.45) is 1.26. The lowest BCUT2D eigenvalue weighted by atomic mass is 9.92. The SMILES string of the molecule is COC(=O)c1cc(NC(=O)C2(c3ccc(O)c(O)c3)CC2)cc2cc(C(C)(C)C)[nH]c12. The van der Waals surface area contributed by atoms with E-state index in [0.29, 0.717) is 35.2 Å². The number of hydrogen-bond donors (Lipinski definition) is 4. The van der Waals surface area contributed by atoms with Gasteiger partial charge in [-0.15, -0.1) is 0 Å². The minimum Gasteiger partial charge on any atom is -0.504 e. The maximum Gasteiger partial charge on any atom is 0.340 e. The van der Waals surface area contributed by atoms with Crippen molar-refractivity contribution < 1.29 is 24.5 Å². The first-order valence-electron chi connectivity index (χ1n) is 10.1. The molecule has 1 aliphatic carbocycles. The second-order valence-corrected chi connectivity index (χ2v) is 9.15. The van der Waals surface area contributed by atoms with Crippen LogP contribution >= 0.6 is 0 Å². The third-order valence-electron chi connectivity index (χ3n) is 5.91. The van der Waals surface area contributed by atoms with Crippen molar-refractivity contribution in [3.05, 3.63) is 53.2 Å². The van der Waals surface area contributed by atoms with E-state index in [1.807, 2.05) is 12.1 Å². The molecule has 1 aliphatic rings. The van der Waals surface area contributed by atoms with E-state index in [9.17, 15) is 19.8 Å². The van der Waals surface area contributed by atoms with Gasteiger partial charge >= 0.3 is 5.97 Å². The van der Waals surface area contributed by atoms with E-state index in [1.165, 1.54) is 19.2 Å². The zero-order chi connectivity index (χ0) is 22.6. The van der Waals surface area contributed by atoms with Crippen LogP contribution in [0.15, 0.2) is 36.4 Å². The number of phenolic OH excluding ortho intramolecular Hbond substituents is 2. The van der Waals surface area contributed by atoms with Gasteiger partial charge in [0, 0.05) is 22.2 Å². The Morgan fingerprint density at radius 1 is 1.06 bits per heavy atom. The molecule has 1 saturated carbocycles. The first-order chi connectivity index (χ1) is 14.5. The van der Waals surface area contributed by atoms with Crippen LogP contribution in [0.25, 0.3) is 10.9 Å². The second kappa shape index (κ2) is 7.04. The summed E-state index contributed by atoms with van der Waals surface area (Å²) >= 11 is 0. The minimum atomic E-state index is -0.764. The first kappa shape index (κ1) is 20.8. The number of amides is 1. The lowest BCUT2D eigenvalue weighted by molar-refractivity contribution is -0.118. The molecule has 7 nitrogen and oxygen atoms in total. The third kappa shape index (κ3) is 3.60. The lowest BCUT2D eigenvalue weighted by Gasteiger charge is -2.17. The van der Waals surface area contributed by atoms with Crippen molar-refractivity contribution in [3.8, 4) is 11.5 Å². The molecule has 4 N–H and O–H groups in total. The van der Waals surface area contributed by atoms with Crippen molar-refractivity contribution in [2.24, 2.45) is 0 Å². The quantitative estimate of drug-likeness (QED) is 0.369. The van der Waals surface area contributed by atoms with Gasteiger partial charge in [-0.2, -0.15) is 0 Å². The summed E-state index contributed by atoms with van der Waals surface area (Å²) in [6, 6.07) is 9.87. The summed E-state index contributed by atoms with van der Waals surface area (Å²) in [5, 5.41) is 23.1. The van der Waals surface area contributed by atoms with E-state index >= 15 is 0 Å². The van der Waals surface area contributed by atoms with E-state index in [4.69, 9.17) is 4.74 Å². The lowest BCUT2D eigenvalue weighted by Crippen LogP contribution is -2.27. The van der Waals surface area contributed by atoms with E-state index in [1.54, 1.807) is 12.1 Å². The maximum atomic E-state index is 13.2. The molecule has 3 aromatic rings. The molecule has 0 aliphatic heterocycles. The predicted octanol–water partition coefficient (Wildman–Crippen LogP) is 4.33. The monoisotopic (exact) mass is 422 g/mol. The molecule has 162 valence electrons. The molecule has 4 rings (SSSR count). The van der Waals surface area contributed by atoms with Gasteiger partial charge in [-0.1, -0.05) is 26.8 Å². The number of benzene rings is 2. The number of phenols is 2. The van der Waals surface area contributed by atoms with E-state index in [-0.39, 0.29) is 22.8 Å². The highest BCUT2D eigenvalue weighted by Crippen LogP contribution is 2.50. The van der Waals surface area contributed by atoms with Crippen LogP contribution in [0.5, 0.6) is 11.5 Å². The number of nitrogens with one attached hydrogen (secondary N) is 2. The molecule has 0 atom stereocenters. The summed E-state index contributed by atoms with van der Waals surface area (Å²) in [5.74, 6) is -1.20. The Bertz CT molecular complexity index is 1200. The highest BCUT2D eigenvalue weighted by atomic mass is 16.5. The first-order valence-corrected chi connectivity index (χ1v) is 10.1. The standard InChI is InChI=1S/C24H26N2O5/c1-23(2,3)19-10-13-9-15(12-16(20(13)26-19)21(29)31-4)25-22(30)24(7-8-24)14-5-6-17(27)18(28)11-14/h5-6,9-12,26-28H,7-8H2,1-4H3,(H,25,30). The molecule has 1 amide bonds. The number of aromatic amines is 1. The van der Waals surface area contributed by atoms with Crippen LogP contribution in [0.4, 0.5) is 5.69 Å². The Kier molecular flexibility index (Phi) is 4.72. The smallest absolute Gasteiger partial charge is 0.340 e. The van der Waals surface area contributed by atoms with Crippen LogP contribution in [0.2, 0.25) is 0 Å². The van der Waals surface area contributed by atoms with E-state index in [2.05, 4.69) is 31.1 Å². The van der Waals surface area contributed by atoms with Crippen molar-refractivity contribution in [2.75, 3.05) is 12.4 Å². The number of rotatable bonds is 4. The minimum absolute atomic E-state index is 0.144. The van der Waals surface area contributed by atoms with Gasteiger partial charge in [-0.25, -0.2) is 4.79 Å². The van der Waals surface area contributed by atoms with Gasteiger partial charge in [0.25, 0.3) is 0 Å². The summed E-state index contributed by atoms with van der Waals surface area (Å²) in [4.78, 5) is 28.9. The molecule has 1 heterocycles. The predicted molar refractivity (Wildman–Crippen MR) is 118 cm³/mol. The Morgan fingerprint density at radius 3 is 2.35 bits per heavy atom. The summed E-state index contributed by atoms with van der Waals surface area (Å²) < 4.78 is 4.95. The second-order valence-electron chi connectivity index (χ2n) is 9.15. The van der Waals surface area contributed by atoms with Crippen LogP contribution in [0, 0.1) is 0 Å². The number of hydrogen-bond acceptors (Lipinski definition) is 5. The van der Waals surface area contributed by atoms with Crippen molar-refractivity contribution in [1.82, 2.24) is 4.98 Å². The molecule has 1 fully saturated rings. The third-order valence-corrected chi connectivity index (χ3v) is 5.91. The highest BCUT2D eigenvalue weighted by Gasteiger charge is 2.51. The summed E-state index contributed by atoms with van der Waals surface area (Å²) in [5.41, 5.74) is 2.21. The fourth-order valence-corrected chi connectivity index (χ4v) is 3.83. The number of methoxy groups -OCH3 is 1. The number of anilines is 1. The molecule has 7 heteroatoms. The van der Waals surface area contributed by atoms with Gasteiger partial charge < -0.3 is 25.3 Å². The summed E-state index contributed by atoms with van der Waals surface area (Å²) in [7, 11) is 1.32. The molecule has 0 spiro atoms. The Balaban J connectivity index is 1.71. The van der Waals surface area contributed by atoms with Crippen LogP contribution in [0.3, 0.4) is 0 Å². The number of esters is 1. The molecule has 0 bridgehead atoms. The number of H-pyrrole nitrogens is 1. The molecular formula is C24H26N2O5. The van der Waals surface area contributed by atoms with Gasteiger partial charge in [-0.3, -0.25) is 4.79 Å². The molecule has 0 radical (unpaired) electrons. The average molecular weight is 422 g/mol. The van der Waals surface area contributed by atoms with Crippen LogP contribution < -0.4 is 5.32 Å². The van der Waals surface area contributed by atoms with Gasteiger partial charge in [0.2, 0.25) is 5.91 Å². The number of fused-ring (bicyclic) bond motifs is 1. The van der Waals surface area contributed by atoms with Crippen molar-refractivity contribution in [2.45, 2.75) is 44.4 Å². The topological polar surface area (TPSA) is 112 Å². The van der Waals surface area contributed by atoms with Crippen LogP contribution in [-0.4, -0.2) is 34.2 Å². The molecular weight excluding hydrogens is 396 g/mol. The molecule has 2 aromatic carbocycles. The van der Waals surface area contributed by atoms with Crippen molar-refractivity contribution in [3.63, 3.8) is 0 Å². The number of carbonyl (C=O) groups is 2. The van der Waals surface area contributed by atoms with Crippen LogP contribution in [0.1, 0.15) is 55.2 Å². The molecule has 1 aromatic heterocycles. The Morgan fingerprint density at radius 2 is 1.77 bits per heavy atom. The number of aromatic hydroxyl groups is 2. The van der Waals surface area contributed by atoms with Gasteiger partial charge in [-0.05, 0) is 48.7 Å². The zero-order valence-corrected chi connectivity index (χ0v) is 18.0. The highest BCUT2D eigenvalue weighted by molar-refractivity contribution is 6.08. The largest absolute Gasteiger partial charge is 0.504 e. The van der Waals surface area contributed by atoms with Crippen LogP contribution in [-0.2, 0) is 20.4 Å². The number of ether oxygens (including phenoxy) is 1. The Labute approximate surface area is 180 Å². The number of carbonyl (C=O) groups excluding carboxylic acids is 2. The van der Waals surface area contributed by atoms with E-state index < -0.39 is 11.4 Å². The van der Waals surface area contributed by atoms with Crippen molar-refractivity contribution in [1.29, 1.82) is 0 Å². The zero-order valence-electron chi connectivity index (χ0n) is 18.0. The molecule has 0 saturated heterocycles. The molecule has 31 heavy (non-hydrogen) atoms. The normalized spacial score (nSPS) is 15.0. The van der Waals surface area contributed by atoms with Gasteiger partial charge in [0.15, 0.2) is 11.5 Å². The molecule has 0 unspecified atom stereocenters.